The summed E-state index contributed by atoms with van der Waals surface area (Å²) < 4.78 is 0. The van der Waals surface area contributed by atoms with Gasteiger partial charge in [0.15, 0.2) is 0 Å². The largest absolute Gasteiger partial charge is 0.328 e. The van der Waals surface area contributed by atoms with Crippen molar-refractivity contribution in [1.82, 2.24) is 0 Å². The van der Waals surface area contributed by atoms with E-state index in [9.17, 15) is 0 Å². The molecule has 0 fully saturated rings. The molecule has 0 aliphatic heterocycles. The summed E-state index contributed by atoms with van der Waals surface area (Å²) in [6.07, 6.45) is 7.29. The van der Waals surface area contributed by atoms with Crippen molar-refractivity contribution >= 4 is 0 Å². The van der Waals surface area contributed by atoms with Crippen LogP contribution in [0, 0.1) is 0 Å². The van der Waals surface area contributed by atoms with Gasteiger partial charge in [-0.25, -0.2) is 0 Å². The predicted octanol–water partition coefficient (Wildman–Crippen LogP) is 3.40. The Hall–Kier alpha value is -0.120. The summed E-state index contributed by atoms with van der Waals surface area (Å²) >= 11 is 0. The van der Waals surface area contributed by atoms with Crippen LogP contribution in [0.15, 0.2) is 0 Å². The fourth-order valence-corrected chi connectivity index (χ4v) is 0.716. The van der Waals surface area contributed by atoms with E-state index in [1.54, 1.807) is 0 Å². The van der Waals surface area contributed by atoms with E-state index in [-0.39, 0.29) is 0 Å². The quantitative estimate of drug-likeness (QED) is 0.641. The molecule has 0 bridgehead atoms. The Morgan fingerprint density at radius 3 is 1.17 bits per heavy atom. The lowest BCUT2D eigenvalue weighted by molar-refractivity contribution is 0.592. The molecule has 0 spiro atoms. The van der Waals surface area contributed by atoms with Crippen LogP contribution in [0.25, 0.3) is 0 Å². The fraction of sp³-hybridized carbons (Fsp3) is 1.00. The summed E-state index contributed by atoms with van der Waals surface area (Å²) in [5.74, 6) is 0. The monoisotopic (exact) mass is 261 g/mol. The Morgan fingerprint density at radius 1 is 0.667 bits per heavy atom. The van der Waals surface area contributed by atoms with Gasteiger partial charge in [-0.1, -0.05) is 40.0 Å². The number of nitrogens with two attached hydrogens (primary N) is 3. The van der Waals surface area contributed by atoms with E-state index in [4.69, 9.17) is 17.2 Å². The van der Waals surface area contributed by atoms with E-state index in [1.165, 1.54) is 25.7 Å². The van der Waals surface area contributed by atoms with Crippen LogP contribution in [0.3, 0.4) is 0 Å². The first-order chi connectivity index (χ1) is 8.31. The molecule has 0 saturated carbocycles. The van der Waals surface area contributed by atoms with Crippen LogP contribution in [0.5, 0.6) is 0 Å². The first kappa shape index (κ1) is 23.0. The molecule has 3 nitrogen and oxygen atoms in total. The van der Waals surface area contributed by atoms with E-state index < -0.39 is 0 Å². The van der Waals surface area contributed by atoms with Crippen molar-refractivity contribution in [2.24, 2.45) is 17.2 Å². The van der Waals surface area contributed by atoms with Gasteiger partial charge in [-0.3, -0.25) is 0 Å². The van der Waals surface area contributed by atoms with Gasteiger partial charge in [0.25, 0.3) is 0 Å². The highest BCUT2D eigenvalue weighted by molar-refractivity contribution is 4.51. The zero-order valence-electron chi connectivity index (χ0n) is 13.7. The van der Waals surface area contributed by atoms with E-state index >= 15 is 0 Å². The highest BCUT2D eigenvalue weighted by atomic mass is 14.6. The van der Waals surface area contributed by atoms with Crippen LogP contribution >= 0.6 is 0 Å². The van der Waals surface area contributed by atoms with Crippen molar-refractivity contribution < 1.29 is 0 Å². The van der Waals surface area contributed by atoms with Crippen LogP contribution in [0.2, 0.25) is 0 Å². The van der Waals surface area contributed by atoms with Gasteiger partial charge in [-0.2, -0.15) is 0 Å². The minimum atomic E-state index is 0.384. The smallest absolute Gasteiger partial charge is 0.00104 e. The summed E-state index contributed by atoms with van der Waals surface area (Å²) in [4.78, 5) is 0. The average molecular weight is 261 g/mol. The first-order valence-electron chi connectivity index (χ1n) is 7.58. The Morgan fingerprint density at radius 2 is 1.00 bits per heavy atom. The summed E-state index contributed by atoms with van der Waals surface area (Å²) in [5.41, 5.74) is 16.1. The van der Waals surface area contributed by atoms with Gasteiger partial charge < -0.3 is 17.2 Å². The van der Waals surface area contributed by atoms with Crippen LogP contribution in [-0.2, 0) is 0 Å². The molecule has 0 aliphatic carbocycles. The van der Waals surface area contributed by atoms with Gasteiger partial charge in [0.1, 0.15) is 0 Å². The highest BCUT2D eigenvalue weighted by Gasteiger charge is 1.90. The SMILES string of the molecule is CCCCCC(C)N.CC[C@@H](C)N.CC[C@H](C)N. The van der Waals surface area contributed by atoms with Crippen molar-refractivity contribution in [2.45, 2.75) is 98.2 Å². The molecular weight excluding hydrogens is 222 g/mol. The number of hydrogen-bond acceptors (Lipinski definition) is 3. The van der Waals surface area contributed by atoms with Crippen LogP contribution < -0.4 is 17.2 Å². The van der Waals surface area contributed by atoms with Crippen molar-refractivity contribution in [3.63, 3.8) is 0 Å². The Balaban J connectivity index is -0.000000197. The molecule has 0 saturated heterocycles. The topological polar surface area (TPSA) is 78.1 Å². The van der Waals surface area contributed by atoms with Gasteiger partial charge in [0, 0.05) is 18.1 Å². The van der Waals surface area contributed by atoms with Crippen LogP contribution in [0.1, 0.15) is 80.1 Å². The average Bonchev–Trinajstić information content (AvgIpc) is 2.30. The van der Waals surface area contributed by atoms with E-state index in [2.05, 4.69) is 27.7 Å². The number of unbranched alkanes of at least 4 members (excludes halogenated alkanes) is 2. The number of rotatable bonds is 6. The van der Waals surface area contributed by atoms with E-state index in [0.717, 1.165) is 12.8 Å². The molecule has 0 aromatic carbocycles. The second kappa shape index (κ2) is 19.2. The molecule has 0 radical (unpaired) electrons. The molecule has 0 amide bonds. The standard InChI is InChI=1S/C7H17N.2C4H11N/c1-3-4-5-6-7(2)8;2*1-3-4(2)5/h7H,3-6,8H2,1-2H3;2*4H,3,5H2,1-2H3/t;2*4-/m.10/s1. The highest BCUT2D eigenvalue weighted by Crippen LogP contribution is 1.99. The minimum Gasteiger partial charge on any atom is -0.328 e. The summed E-state index contributed by atoms with van der Waals surface area (Å²) in [5, 5.41) is 0. The van der Waals surface area contributed by atoms with E-state index in [1.807, 2.05) is 13.8 Å². The van der Waals surface area contributed by atoms with Crippen LogP contribution in [-0.4, -0.2) is 18.1 Å². The van der Waals surface area contributed by atoms with E-state index in [0.29, 0.717) is 18.1 Å². The third kappa shape index (κ3) is 44.6. The molecule has 6 N–H and O–H groups in total. The van der Waals surface area contributed by atoms with Gasteiger partial charge >= 0.3 is 0 Å². The molecule has 18 heavy (non-hydrogen) atoms. The van der Waals surface area contributed by atoms with Crippen molar-refractivity contribution in [3.8, 4) is 0 Å². The Bertz CT molecular complexity index is 115. The van der Waals surface area contributed by atoms with Crippen molar-refractivity contribution in [2.75, 3.05) is 0 Å². The second-order valence-electron chi connectivity index (χ2n) is 5.24. The molecule has 0 aromatic heterocycles. The molecule has 114 valence electrons. The molecule has 1 unspecified atom stereocenters. The lowest BCUT2D eigenvalue weighted by atomic mass is 10.1. The van der Waals surface area contributed by atoms with Gasteiger partial charge in [0.2, 0.25) is 0 Å². The number of hydrogen-bond donors (Lipinski definition) is 3. The second-order valence-corrected chi connectivity index (χ2v) is 5.24. The first-order valence-corrected chi connectivity index (χ1v) is 7.58. The summed E-state index contributed by atoms with van der Waals surface area (Å²) in [6, 6.07) is 1.17. The summed E-state index contributed by atoms with van der Waals surface area (Å²) in [7, 11) is 0. The molecule has 0 aromatic rings. The van der Waals surface area contributed by atoms with Crippen molar-refractivity contribution in [1.29, 1.82) is 0 Å². The van der Waals surface area contributed by atoms with Crippen molar-refractivity contribution in [3.05, 3.63) is 0 Å². The normalized spacial score (nSPS) is 14.5. The molecule has 0 aliphatic rings. The predicted molar refractivity (Wildman–Crippen MR) is 85.7 cm³/mol. The molecule has 0 heterocycles. The minimum absolute atomic E-state index is 0.384. The lowest BCUT2D eigenvalue weighted by Crippen LogP contribution is -2.13. The maximum absolute atomic E-state index is 5.53. The summed E-state index contributed by atoms with van der Waals surface area (Å²) in [6.45, 7) is 12.4. The van der Waals surface area contributed by atoms with Gasteiger partial charge in [-0.05, 0) is 40.0 Å². The zero-order chi connectivity index (χ0) is 15.0. The molecule has 3 heteroatoms. The maximum atomic E-state index is 5.53. The third-order valence-electron chi connectivity index (χ3n) is 2.55. The van der Waals surface area contributed by atoms with Crippen LogP contribution in [0.4, 0.5) is 0 Å². The zero-order valence-corrected chi connectivity index (χ0v) is 13.7. The lowest BCUT2D eigenvalue weighted by Gasteiger charge is -2.01. The van der Waals surface area contributed by atoms with Gasteiger partial charge in [0.05, 0.1) is 0 Å². The molecule has 3 atom stereocenters. The molecule has 0 rings (SSSR count). The maximum Gasteiger partial charge on any atom is 0.00104 e. The fourth-order valence-electron chi connectivity index (χ4n) is 0.716. The third-order valence-corrected chi connectivity index (χ3v) is 2.55. The van der Waals surface area contributed by atoms with Gasteiger partial charge in [-0.15, -0.1) is 0 Å². The Labute approximate surface area is 116 Å². The Kier molecular flexibility index (Phi) is 24.6. The molecular formula is C15H39N3.